The van der Waals surface area contributed by atoms with Crippen LogP contribution in [0.1, 0.15) is 30.1 Å². The maximum absolute atomic E-state index is 10.9. The second-order valence-corrected chi connectivity index (χ2v) is 5.22. The first-order valence-electron chi connectivity index (χ1n) is 6.33. The van der Waals surface area contributed by atoms with Gasteiger partial charge in [-0.1, -0.05) is 6.92 Å². The maximum atomic E-state index is 10.9. The fourth-order valence-electron chi connectivity index (χ4n) is 2.47. The lowest BCUT2D eigenvalue weighted by molar-refractivity contribution is 0.0697. The van der Waals surface area contributed by atoms with Gasteiger partial charge in [-0.05, 0) is 42.9 Å². The molecule has 94 valence electrons. The van der Waals surface area contributed by atoms with E-state index >= 15 is 0 Å². The molecule has 0 aliphatic heterocycles. The van der Waals surface area contributed by atoms with Crippen LogP contribution >= 0.6 is 0 Å². The molecule has 0 saturated heterocycles. The second kappa shape index (κ2) is 4.12. The topological polar surface area (TPSA) is 55.1 Å². The van der Waals surface area contributed by atoms with Gasteiger partial charge in [0, 0.05) is 6.54 Å². The minimum absolute atomic E-state index is 0.294. The van der Waals surface area contributed by atoms with E-state index in [0.717, 1.165) is 23.5 Å². The summed E-state index contributed by atoms with van der Waals surface area (Å²) in [6.07, 6.45) is 4.50. The number of carboxylic acids is 1. The second-order valence-electron chi connectivity index (χ2n) is 5.22. The fourth-order valence-corrected chi connectivity index (χ4v) is 2.47. The van der Waals surface area contributed by atoms with Gasteiger partial charge in [0.1, 0.15) is 0 Å². The highest BCUT2D eigenvalue weighted by Gasteiger charge is 2.28. The molecule has 1 fully saturated rings. The zero-order chi connectivity index (χ0) is 12.7. The Hall–Kier alpha value is -1.84. The van der Waals surface area contributed by atoms with Crippen LogP contribution in [0.2, 0.25) is 0 Å². The van der Waals surface area contributed by atoms with Crippen LogP contribution in [0.3, 0.4) is 0 Å². The molecule has 1 N–H and O–H groups in total. The standard InChI is InChI=1S/C14H16N2O2/c1-9(10-2-3-10)7-16-8-15-12-6-11(14(17)18)4-5-13(12)16/h4-6,8-10H,2-3,7H2,1H3,(H,17,18). The van der Waals surface area contributed by atoms with Gasteiger partial charge in [-0.25, -0.2) is 9.78 Å². The smallest absolute Gasteiger partial charge is 0.335 e. The average molecular weight is 244 g/mol. The maximum Gasteiger partial charge on any atom is 0.335 e. The van der Waals surface area contributed by atoms with Crippen LogP contribution in [0.15, 0.2) is 24.5 Å². The van der Waals surface area contributed by atoms with E-state index in [4.69, 9.17) is 5.11 Å². The van der Waals surface area contributed by atoms with E-state index in [-0.39, 0.29) is 0 Å². The quantitative estimate of drug-likeness (QED) is 0.899. The van der Waals surface area contributed by atoms with E-state index in [0.29, 0.717) is 11.5 Å². The molecule has 1 heterocycles. The minimum atomic E-state index is -0.905. The zero-order valence-corrected chi connectivity index (χ0v) is 10.3. The molecule has 0 radical (unpaired) electrons. The summed E-state index contributed by atoms with van der Waals surface area (Å²) in [4.78, 5) is 15.2. The Bertz CT molecular complexity index is 599. The first-order chi connectivity index (χ1) is 8.65. The molecule has 1 unspecified atom stereocenters. The SMILES string of the molecule is CC(Cn1cnc2cc(C(=O)O)ccc21)C1CC1. The lowest BCUT2D eigenvalue weighted by Crippen LogP contribution is -2.08. The predicted molar refractivity (Wildman–Crippen MR) is 68.6 cm³/mol. The van der Waals surface area contributed by atoms with Crippen LogP contribution in [0, 0.1) is 11.8 Å². The Kier molecular flexibility index (Phi) is 2.58. The molecule has 18 heavy (non-hydrogen) atoms. The molecular weight excluding hydrogens is 228 g/mol. The summed E-state index contributed by atoms with van der Waals surface area (Å²) in [5.74, 6) is 0.625. The number of carbonyl (C=O) groups is 1. The van der Waals surface area contributed by atoms with Gasteiger partial charge in [0.2, 0.25) is 0 Å². The van der Waals surface area contributed by atoms with Gasteiger partial charge in [-0.15, -0.1) is 0 Å². The number of rotatable bonds is 4. The van der Waals surface area contributed by atoms with E-state index in [1.165, 1.54) is 12.8 Å². The summed E-state index contributed by atoms with van der Waals surface area (Å²) in [5.41, 5.74) is 2.08. The number of hydrogen-bond donors (Lipinski definition) is 1. The highest BCUT2D eigenvalue weighted by Crippen LogP contribution is 2.37. The number of aromatic nitrogens is 2. The van der Waals surface area contributed by atoms with Gasteiger partial charge >= 0.3 is 5.97 Å². The van der Waals surface area contributed by atoms with E-state index < -0.39 is 5.97 Å². The van der Waals surface area contributed by atoms with Gasteiger partial charge in [0.05, 0.1) is 22.9 Å². The van der Waals surface area contributed by atoms with E-state index in [2.05, 4.69) is 16.5 Å². The van der Waals surface area contributed by atoms with Crippen molar-refractivity contribution in [3.05, 3.63) is 30.1 Å². The van der Waals surface area contributed by atoms with Crippen LogP contribution in [-0.2, 0) is 6.54 Å². The van der Waals surface area contributed by atoms with Crippen molar-refractivity contribution < 1.29 is 9.90 Å². The van der Waals surface area contributed by atoms with Crippen LogP contribution < -0.4 is 0 Å². The number of aromatic carboxylic acids is 1. The van der Waals surface area contributed by atoms with E-state index in [1.54, 1.807) is 12.1 Å². The molecule has 0 bridgehead atoms. The van der Waals surface area contributed by atoms with Crippen molar-refractivity contribution in [3.8, 4) is 0 Å². The van der Waals surface area contributed by atoms with Gasteiger partial charge in [0.15, 0.2) is 0 Å². The van der Waals surface area contributed by atoms with Crippen LogP contribution in [0.25, 0.3) is 11.0 Å². The summed E-state index contributed by atoms with van der Waals surface area (Å²) in [7, 11) is 0. The third-order valence-corrected chi connectivity index (χ3v) is 3.78. The highest BCUT2D eigenvalue weighted by atomic mass is 16.4. The molecule has 1 saturated carbocycles. The predicted octanol–water partition coefficient (Wildman–Crippen LogP) is 2.78. The van der Waals surface area contributed by atoms with E-state index in [9.17, 15) is 4.79 Å². The Labute approximate surface area is 105 Å². The van der Waals surface area contributed by atoms with Crippen LogP contribution in [0.4, 0.5) is 0 Å². The molecule has 1 aliphatic carbocycles. The van der Waals surface area contributed by atoms with Gasteiger partial charge < -0.3 is 9.67 Å². The van der Waals surface area contributed by atoms with Crippen molar-refractivity contribution in [3.63, 3.8) is 0 Å². The fraction of sp³-hybridized carbons (Fsp3) is 0.429. The van der Waals surface area contributed by atoms with Crippen molar-refractivity contribution in [2.24, 2.45) is 11.8 Å². The number of benzene rings is 1. The largest absolute Gasteiger partial charge is 0.478 e. The Morgan fingerprint density at radius 1 is 1.56 bits per heavy atom. The summed E-state index contributed by atoms with van der Waals surface area (Å²) >= 11 is 0. The number of hydrogen-bond acceptors (Lipinski definition) is 2. The van der Waals surface area contributed by atoms with Crippen LogP contribution in [-0.4, -0.2) is 20.6 Å². The normalized spacial score (nSPS) is 16.9. The first kappa shape index (κ1) is 11.3. The Morgan fingerprint density at radius 3 is 3.00 bits per heavy atom. The molecule has 3 rings (SSSR count). The van der Waals surface area contributed by atoms with Crippen molar-refractivity contribution in [2.45, 2.75) is 26.3 Å². The van der Waals surface area contributed by atoms with Crippen molar-refractivity contribution in [1.82, 2.24) is 9.55 Å². The number of fused-ring (bicyclic) bond motifs is 1. The number of nitrogens with zero attached hydrogens (tertiary/aromatic N) is 2. The summed E-state index contributed by atoms with van der Waals surface area (Å²) in [5, 5.41) is 8.94. The number of imidazole rings is 1. The summed E-state index contributed by atoms with van der Waals surface area (Å²) in [6.45, 7) is 3.24. The van der Waals surface area contributed by atoms with Gasteiger partial charge in [-0.2, -0.15) is 0 Å². The summed E-state index contributed by atoms with van der Waals surface area (Å²) in [6, 6.07) is 5.13. The van der Waals surface area contributed by atoms with E-state index in [1.807, 2.05) is 12.4 Å². The lowest BCUT2D eigenvalue weighted by atomic mass is 10.1. The Morgan fingerprint density at radius 2 is 2.33 bits per heavy atom. The third-order valence-electron chi connectivity index (χ3n) is 3.78. The minimum Gasteiger partial charge on any atom is -0.478 e. The molecule has 0 spiro atoms. The zero-order valence-electron chi connectivity index (χ0n) is 10.3. The molecule has 4 heteroatoms. The molecule has 0 amide bonds. The van der Waals surface area contributed by atoms with Gasteiger partial charge in [-0.3, -0.25) is 0 Å². The summed E-state index contributed by atoms with van der Waals surface area (Å²) < 4.78 is 2.13. The molecule has 4 nitrogen and oxygen atoms in total. The average Bonchev–Trinajstić information content (AvgIpc) is 3.13. The molecule has 1 aromatic heterocycles. The number of carboxylic acid groups (broad SMARTS) is 1. The lowest BCUT2D eigenvalue weighted by Gasteiger charge is -2.11. The van der Waals surface area contributed by atoms with Crippen molar-refractivity contribution in [1.29, 1.82) is 0 Å². The first-order valence-corrected chi connectivity index (χ1v) is 6.33. The molecule has 1 aliphatic rings. The molecule has 2 aromatic rings. The highest BCUT2D eigenvalue weighted by molar-refractivity contribution is 5.92. The monoisotopic (exact) mass is 244 g/mol. The van der Waals surface area contributed by atoms with Crippen LogP contribution in [0.5, 0.6) is 0 Å². The Balaban J connectivity index is 1.91. The van der Waals surface area contributed by atoms with Crippen molar-refractivity contribution >= 4 is 17.0 Å². The molecule has 1 atom stereocenters. The third kappa shape index (κ3) is 1.98. The molecule has 1 aromatic carbocycles. The van der Waals surface area contributed by atoms with Gasteiger partial charge in [0.25, 0.3) is 0 Å². The van der Waals surface area contributed by atoms with Crippen molar-refractivity contribution in [2.75, 3.05) is 0 Å². The molecular formula is C14H16N2O2.